The lowest BCUT2D eigenvalue weighted by atomic mass is 9.88. The number of nitrogens with zero attached hydrogens (tertiary/aromatic N) is 3. The van der Waals surface area contributed by atoms with Gasteiger partial charge in [0.25, 0.3) is 0 Å². The molecule has 1 saturated heterocycles. The number of H-pyrrole nitrogens is 1. The SMILES string of the molecule is NC(=O)[C@@H]1[C@H](Nc2c(Br)cnc3nc(-c4cccc(N5CCOCC5)c4)[nH]c23)[C@@H]2C=C[C@@H]1C2. The van der Waals surface area contributed by atoms with Crippen LogP contribution in [-0.4, -0.2) is 53.2 Å². The van der Waals surface area contributed by atoms with E-state index in [1.807, 2.05) is 6.07 Å². The smallest absolute Gasteiger partial charge is 0.223 e. The molecule has 4 N–H and O–H groups in total. The number of fused-ring (bicyclic) bond motifs is 3. The molecular weight excluding hydrogens is 484 g/mol. The van der Waals surface area contributed by atoms with Gasteiger partial charge in [0, 0.05) is 36.6 Å². The summed E-state index contributed by atoms with van der Waals surface area (Å²) >= 11 is 3.64. The first-order valence-corrected chi connectivity index (χ1v) is 12.1. The van der Waals surface area contributed by atoms with E-state index in [9.17, 15) is 4.79 Å². The number of pyridine rings is 1. The molecule has 2 aliphatic carbocycles. The first-order valence-electron chi connectivity index (χ1n) is 11.3. The van der Waals surface area contributed by atoms with Crippen LogP contribution in [0.1, 0.15) is 6.42 Å². The van der Waals surface area contributed by atoms with Gasteiger partial charge < -0.3 is 25.7 Å². The van der Waals surface area contributed by atoms with Crippen molar-refractivity contribution in [2.24, 2.45) is 23.5 Å². The van der Waals surface area contributed by atoms with E-state index in [1.165, 1.54) is 0 Å². The second-order valence-corrected chi connectivity index (χ2v) is 9.82. The largest absolute Gasteiger partial charge is 0.378 e. The van der Waals surface area contributed by atoms with Crippen molar-refractivity contribution >= 4 is 44.4 Å². The highest BCUT2D eigenvalue weighted by Gasteiger charge is 2.47. The van der Waals surface area contributed by atoms with E-state index in [2.05, 4.69) is 66.5 Å². The standard InChI is InChI=1S/C24H25BrN6O2/c25-17-12-27-24-21(20(17)28-19-14-5-4-13(10-14)18(19)22(26)32)29-23(30-24)15-2-1-3-16(11-15)31-6-8-33-9-7-31/h1-5,11-14,18-19H,6-10H2,(H2,26,32)(H2,27,28,29,30)/t13-,14-,18+,19-/m1/s1. The molecule has 33 heavy (non-hydrogen) atoms. The number of amides is 1. The van der Waals surface area contributed by atoms with Crippen LogP contribution in [0, 0.1) is 17.8 Å². The zero-order chi connectivity index (χ0) is 22.5. The average Bonchev–Trinajstić information content (AvgIpc) is 3.56. The number of nitrogens with two attached hydrogens (primary N) is 1. The van der Waals surface area contributed by atoms with Gasteiger partial charge in [0.1, 0.15) is 11.3 Å². The summed E-state index contributed by atoms with van der Waals surface area (Å²) < 4.78 is 6.30. The van der Waals surface area contributed by atoms with Crippen molar-refractivity contribution in [2.75, 3.05) is 36.5 Å². The minimum absolute atomic E-state index is 0.0456. The minimum Gasteiger partial charge on any atom is -0.378 e. The maximum Gasteiger partial charge on any atom is 0.223 e. The third-order valence-electron chi connectivity index (χ3n) is 7.07. The van der Waals surface area contributed by atoms with E-state index in [0.29, 0.717) is 5.65 Å². The second-order valence-electron chi connectivity index (χ2n) is 8.96. The Morgan fingerprint density at radius 2 is 2.06 bits per heavy atom. The number of hydrogen-bond acceptors (Lipinski definition) is 6. The maximum absolute atomic E-state index is 12.2. The lowest BCUT2D eigenvalue weighted by Gasteiger charge is -2.29. The number of carbonyl (C=O) groups excluding carboxylic acids is 1. The lowest BCUT2D eigenvalue weighted by molar-refractivity contribution is -0.122. The second kappa shape index (κ2) is 8.14. The molecule has 2 fully saturated rings. The first kappa shape index (κ1) is 20.7. The number of allylic oxidation sites excluding steroid dienone is 1. The zero-order valence-electron chi connectivity index (χ0n) is 18.0. The quantitative estimate of drug-likeness (QED) is 0.456. The Morgan fingerprint density at radius 1 is 1.24 bits per heavy atom. The summed E-state index contributed by atoms with van der Waals surface area (Å²) in [5.41, 5.74) is 10.2. The van der Waals surface area contributed by atoms with Gasteiger partial charge in [0.2, 0.25) is 5.91 Å². The number of imidazole rings is 1. The number of aromatic amines is 1. The summed E-state index contributed by atoms with van der Waals surface area (Å²) in [7, 11) is 0. The number of halogens is 1. The van der Waals surface area contributed by atoms with Gasteiger partial charge in [-0.25, -0.2) is 9.97 Å². The summed E-state index contributed by atoms with van der Waals surface area (Å²) in [6.45, 7) is 3.25. The number of nitrogens with one attached hydrogen (secondary N) is 2. The van der Waals surface area contributed by atoms with Crippen molar-refractivity contribution in [2.45, 2.75) is 12.5 Å². The molecule has 9 heteroatoms. The maximum atomic E-state index is 12.2. The summed E-state index contributed by atoms with van der Waals surface area (Å²) in [5.74, 6) is 0.781. The Hall–Kier alpha value is -2.91. The monoisotopic (exact) mass is 508 g/mol. The molecule has 8 nitrogen and oxygen atoms in total. The molecule has 2 aromatic heterocycles. The molecule has 1 aromatic carbocycles. The molecule has 1 saturated carbocycles. The van der Waals surface area contributed by atoms with Crippen LogP contribution in [0.3, 0.4) is 0 Å². The summed E-state index contributed by atoms with van der Waals surface area (Å²) in [4.78, 5) is 27.3. The zero-order valence-corrected chi connectivity index (χ0v) is 19.6. The number of rotatable bonds is 5. The van der Waals surface area contributed by atoms with Crippen LogP contribution in [0.4, 0.5) is 11.4 Å². The Morgan fingerprint density at radius 3 is 2.88 bits per heavy atom. The molecule has 170 valence electrons. The number of anilines is 2. The molecule has 6 rings (SSSR count). The van der Waals surface area contributed by atoms with E-state index < -0.39 is 0 Å². The fraction of sp³-hybridized carbons (Fsp3) is 0.375. The number of benzene rings is 1. The fourth-order valence-electron chi connectivity index (χ4n) is 5.46. The Bertz CT molecular complexity index is 1250. The molecule has 1 amide bonds. The fourth-order valence-corrected chi connectivity index (χ4v) is 5.87. The van der Waals surface area contributed by atoms with Crippen LogP contribution in [-0.2, 0) is 9.53 Å². The van der Waals surface area contributed by atoms with Crippen molar-refractivity contribution in [3.63, 3.8) is 0 Å². The number of primary amides is 1. The van der Waals surface area contributed by atoms with Crippen molar-refractivity contribution in [3.05, 3.63) is 47.1 Å². The Balaban J connectivity index is 1.35. The number of aromatic nitrogens is 3. The van der Waals surface area contributed by atoms with Gasteiger partial charge in [-0.15, -0.1) is 0 Å². The molecule has 4 atom stereocenters. The van der Waals surface area contributed by atoms with E-state index in [4.69, 9.17) is 15.5 Å². The van der Waals surface area contributed by atoms with Gasteiger partial charge in [0.05, 0.1) is 29.3 Å². The van der Waals surface area contributed by atoms with Crippen LogP contribution in [0.5, 0.6) is 0 Å². The summed E-state index contributed by atoms with van der Waals surface area (Å²) in [5, 5.41) is 3.61. The van der Waals surface area contributed by atoms with Gasteiger partial charge >= 0.3 is 0 Å². The number of morpholine rings is 1. The Kier molecular flexibility index (Phi) is 5.10. The van der Waals surface area contributed by atoms with E-state index in [1.54, 1.807) is 6.20 Å². The molecular formula is C24H25BrN6O2. The highest BCUT2D eigenvalue weighted by molar-refractivity contribution is 9.10. The van der Waals surface area contributed by atoms with Crippen LogP contribution in [0.2, 0.25) is 0 Å². The van der Waals surface area contributed by atoms with Gasteiger partial charge in [-0.05, 0) is 46.3 Å². The van der Waals surface area contributed by atoms with Gasteiger partial charge in [0.15, 0.2) is 5.65 Å². The van der Waals surface area contributed by atoms with Crippen molar-refractivity contribution < 1.29 is 9.53 Å². The first-order chi connectivity index (χ1) is 16.1. The van der Waals surface area contributed by atoms with E-state index in [-0.39, 0.29) is 29.7 Å². The van der Waals surface area contributed by atoms with Crippen molar-refractivity contribution in [1.82, 2.24) is 15.0 Å². The lowest BCUT2D eigenvalue weighted by Crippen LogP contribution is -2.41. The van der Waals surface area contributed by atoms with Crippen LogP contribution < -0.4 is 16.0 Å². The molecule has 3 heterocycles. The van der Waals surface area contributed by atoms with Crippen LogP contribution in [0.15, 0.2) is 47.1 Å². The molecule has 1 aliphatic heterocycles. The van der Waals surface area contributed by atoms with Gasteiger partial charge in [-0.3, -0.25) is 4.79 Å². The molecule has 0 spiro atoms. The summed E-state index contributed by atoms with van der Waals surface area (Å²) in [6, 6.07) is 8.32. The third kappa shape index (κ3) is 3.59. The van der Waals surface area contributed by atoms with E-state index in [0.717, 1.165) is 65.5 Å². The third-order valence-corrected chi connectivity index (χ3v) is 7.67. The topological polar surface area (TPSA) is 109 Å². The number of hydrogen-bond donors (Lipinski definition) is 3. The number of ether oxygens (including phenoxy) is 1. The average molecular weight is 509 g/mol. The Labute approximate surface area is 199 Å². The highest BCUT2D eigenvalue weighted by atomic mass is 79.9. The van der Waals surface area contributed by atoms with Crippen LogP contribution >= 0.6 is 15.9 Å². The highest BCUT2D eigenvalue weighted by Crippen LogP contribution is 2.46. The van der Waals surface area contributed by atoms with Crippen LogP contribution in [0.25, 0.3) is 22.6 Å². The number of carbonyl (C=O) groups is 1. The van der Waals surface area contributed by atoms with E-state index >= 15 is 0 Å². The van der Waals surface area contributed by atoms with Crippen molar-refractivity contribution in [3.8, 4) is 11.4 Å². The molecule has 3 aromatic rings. The predicted molar refractivity (Wildman–Crippen MR) is 131 cm³/mol. The van der Waals surface area contributed by atoms with Gasteiger partial charge in [-0.2, -0.15) is 0 Å². The molecule has 3 aliphatic rings. The minimum atomic E-state index is -0.254. The molecule has 0 unspecified atom stereocenters. The predicted octanol–water partition coefficient (Wildman–Crippen LogP) is 3.31. The summed E-state index contributed by atoms with van der Waals surface area (Å²) in [6.07, 6.45) is 7.04. The van der Waals surface area contributed by atoms with Crippen molar-refractivity contribution in [1.29, 1.82) is 0 Å². The normalized spacial score (nSPS) is 26.3. The molecule has 2 bridgehead atoms. The molecule has 0 radical (unpaired) electrons. The van der Waals surface area contributed by atoms with Gasteiger partial charge in [-0.1, -0.05) is 24.3 Å².